The van der Waals surface area contributed by atoms with Gasteiger partial charge in [-0.3, -0.25) is 9.69 Å². The lowest BCUT2D eigenvalue weighted by Gasteiger charge is -2.16. The molecule has 19 heavy (non-hydrogen) atoms. The Bertz CT molecular complexity index is 666. The molecule has 3 heteroatoms. The van der Waals surface area contributed by atoms with Crippen LogP contribution in [-0.4, -0.2) is 23.0 Å². The molecule has 0 amide bonds. The zero-order valence-electron chi connectivity index (χ0n) is 11.6. The van der Waals surface area contributed by atoms with Crippen LogP contribution in [0.3, 0.4) is 0 Å². The first kappa shape index (κ1) is 12.4. The Labute approximate surface area is 113 Å². The molecular formula is C16H20N2O. The van der Waals surface area contributed by atoms with E-state index in [-0.39, 0.29) is 5.43 Å². The number of hydrogen-bond acceptors (Lipinski definition) is 2. The maximum atomic E-state index is 12.6. The number of aryl methyl sites for hydroxylation is 2. The number of pyridine rings is 1. The second kappa shape index (κ2) is 4.82. The number of hydrogen-bond donors (Lipinski definition) is 1. The van der Waals surface area contributed by atoms with Crippen LogP contribution in [0.4, 0.5) is 0 Å². The van der Waals surface area contributed by atoms with Gasteiger partial charge in [0.15, 0.2) is 5.43 Å². The summed E-state index contributed by atoms with van der Waals surface area (Å²) in [4.78, 5) is 18.4. The van der Waals surface area contributed by atoms with Gasteiger partial charge in [0.2, 0.25) is 0 Å². The number of H-pyrrole nitrogens is 1. The molecule has 100 valence electrons. The average Bonchev–Trinajstić information content (AvgIpc) is 2.89. The van der Waals surface area contributed by atoms with Gasteiger partial charge >= 0.3 is 0 Å². The molecule has 1 aromatic carbocycles. The summed E-state index contributed by atoms with van der Waals surface area (Å²) in [7, 11) is 0. The topological polar surface area (TPSA) is 36.1 Å². The summed E-state index contributed by atoms with van der Waals surface area (Å²) < 4.78 is 0. The molecule has 3 nitrogen and oxygen atoms in total. The van der Waals surface area contributed by atoms with Crippen molar-refractivity contribution in [3.05, 3.63) is 45.2 Å². The summed E-state index contributed by atoms with van der Waals surface area (Å²) in [6, 6.07) is 6.03. The molecule has 2 heterocycles. The highest BCUT2D eigenvalue weighted by Gasteiger charge is 2.16. The molecule has 1 saturated heterocycles. The van der Waals surface area contributed by atoms with Crippen LogP contribution in [0.2, 0.25) is 0 Å². The number of fused-ring (bicyclic) bond motifs is 1. The Morgan fingerprint density at radius 2 is 1.95 bits per heavy atom. The van der Waals surface area contributed by atoms with Crippen molar-refractivity contribution in [1.82, 2.24) is 9.88 Å². The minimum atomic E-state index is 0.196. The van der Waals surface area contributed by atoms with Crippen molar-refractivity contribution in [1.29, 1.82) is 0 Å². The first-order valence-corrected chi connectivity index (χ1v) is 6.99. The number of aromatic amines is 1. The quantitative estimate of drug-likeness (QED) is 0.897. The fourth-order valence-electron chi connectivity index (χ4n) is 2.92. The summed E-state index contributed by atoms with van der Waals surface area (Å²) in [5, 5.41) is 0.819. The number of nitrogens with one attached hydrogen (secondary N) is 1. The molecule has 1 fully saturated rings. The first-order chi connectivity index (χ1) is 9.15. The third-order valence-corrected chi connectivity index (χ3v) is 4.05. The van der Waals surface area contributed by atoms with Crippen molar-refractivity contribution in [2.24, 2.45) is 0 Å². The molecule has 0 spiro atoms. The van der Waals surface area contributed by atoms with Crippen molar-refractivity contribution in [3.63, 3.8) is 0 Å². The van der Waals surface area contributed by atoms with E-state index in [2.05, 4.69) is 9.88 Å². The number of likely N-dealkylation sites (tertiary alicyclic amines) is 1. The molecule has 3 rings (SSSR count). The van der Waals surface area contributed by atoms with E-state index in [1.807, 2.05) is 32.0 Å². The molecule has 0 aliphatic carbocycles. The molecule has 0 bridgehead atoms. The molecule has 0 atom stereocenters. The lowest BCUT2D eigenvalue weighted by atomic mass is 10.1. The lowest BCUT2D eigenvalue weighted by molar-refractivity contribution is 0.329. The van der Waals surface area contributed by atoms with Gasteiger partial charge in [0.1, 0.15) is 0 Å². The molecular weight excluding hydrogens is 236 g/mol. The number of rotatable bonds is 2. The van der Waals surface area contributed by atoms with E-state index >= 15 is 0 Å². The second-order valence-corrected chi connectivity index (χ2v) is 5.59. The smallest absolute Gasteiger partial charge is 0.194 e. The summed E-state index contributed by atoms with van der Waals surface area (Å²) in [5.74, 6) is 0. The Hall–Kier alpha value is -1.61. The Morgan fingerprint density at radius 1 is 1.21 bits per heavy atom. The lowest BCUT2D eigenvalue weighted by Crippen LogP contribution is -2.24. The van der Waals surface area contributed by atoms with E-state index in [0.29, 0.717) is 0 Å². The molecule has 1 aliphatic heterocycles. The third kappa shape index (κ3) is 2.30. The van der Waals surface area contributed by atoms with Crippen LogP contribution in [0.1, 0.15) is 29.7 Å². The van der Waals surface area contributed by atoms with Crippen molar-refractivity contribution in [3.8, 4) is 0 Å². The van der Waals surface area contributed by atoms with Gasteiger partial charge in [-0.05, 0) is 51.9 Å². The van der Waals surface area contributed by atoms with Crippen molar-refractivity contribution >= 4 is 10.9 Å². The highest BCUT2D eigenvalue weighted by Crippen LogP contribution is 2.16. The van der Waals surface area contributed by atoms with Gasteiger partial charge in [0.05, 0.1) is 0 Å². The molecule has 2 aromatic rings. The number of aromatic nitrogens is 1. The Morgan fingerprint density at radius 3 is 2.68 bits per heavy atom. The third-order valence-electron chi connectivity index (χ3n) is 4.05. The molecule has 1 N–H and O–H groups in total. The predicted molar refractivity (Wildman–Crippen MR) is 78.6 cm³/mol. The zero-order valence-corrected chi connectivity index (χ0v) is 11.6. The van der Waals surface area contributed by atoms with Gasteiger partial charge in [-0.25, -0.2) is 0 Å². The van der Waals surface area contributed by atoms with Crippen molar-refractivity contribution < 1.29 is 0 Å². The zero-order chi connectivity index (χ0) is 13.4. The van der Waals surface area contributed by atoms with E-state index in [9.17, 15) is 4.79 Å². The van der Waals surface area contributed by atoms with Gasteiger partial charge in [0.25, 0.3) is 0 Å². The Balaban J connectivity index is 2.10. The van der Waals surface area contributed by atoms with Gasteiger partial charge in [0, 0.05) is 28.7 Å². The monoisotopic (exact) mass is 256 g/mol. The standard InChI is InChI=1S/C16H20N2O/c1-11-5-6-15-13(9-11)16(19)14(12(2)17-15)10-18-7-3-4-8-18/h5-6,9H,3-4,7-8,10H2,1-2H3,(H,17,19). The van der Waals surface area contributed by atoms with Crippen LogP contribution in [0, 0.1) is 13.8 Å². The maximum Gasteiger partial charge on any atom is 0.194 e. The fourth-order valence-corrected chi connectivity index (χ4v) is 2.92. The van der Waals surface area contributed by atoms with E-state index in [1.165, 1.54) is 12.8 Å². The summed E-state index contributed by atoms with van der Waals surface area (Å²) >= 11 is 0. The normalized spacial score (nSPS) is 16.3. The highest BCUT2D eigenvalue weighted by atomic mass is 16.1. The predicted octanol–water partition coefficient (Wildman–Crippen LogP) is 2.74. The van der Waals surface area contributed by atoms with Gasteiger partial charge in [-0.15, -0.1) is 0 Å². The molecule has 1 aliphatic rings. The summed E-state index contributed by atoms with van der Waals surface area (Å²) in [6.07, 6.45) is 2.51. The molecule has 1 aromatic heterocycles. The van der Waals surface area contributed by atoms with E-state index in [1.54, 1.807) is 0 Å². The minimum Gasteiger partial charge on any atom is -0.358 e. The van der Waals surface area contributed by atoms with E-state index in [0.717, 1.165) is 47.4 Å². The largest absolute Gasteiger partial charge is 0.358 e. The van der Waals surface area contributed by atoms with Crippen LogP contribution in [-0.2, 0) is 6.54 Å². The summed E-state index contributed by atoms with van der Waals surface area (Å²) in [5.41, 5.74) is 4.21. The van der Waals surface area contributed by atoms with E-state index in [4.69, 9.17) is 0 Å². The summed E-state index contributed by atoms with van der Waals surface area (Å²) in [6.45, 7) is 7.05. The molecule has 0 radical (unpaired) electrons. The molecule has 0 saturated carbocycles. The van der Waals surface area contributed by atoms with Crippen molar-refractivity contribution in [2.75, 3.05) is 13.1 Å². The number of benzene rings is 1. The van der Waals surface area contributed by atoms with Crippen LogP contribution < -0.4 is 5.43 Å². The number of nitrogens with zero attached hydrogens (tertiary/aromatic N) is 1. The second-order valence-electron chi connectivity index (χ2n) is 5.59. The van der Waals surface area contributed by atoms with Gasteiger partial charge < -0.3 is 4.98 Å². The SMILES string of the molecule is Cc1ccc2[nH]c(C)c(CN3CCCC3)c(=O)c2c1. The van der Waals surface area contributed by atoms with Gasteiger partial charge in [-0.2, -0.15) is 0 Å². The van der Waals surface area contributed by atoms with E-state index < -0.39 is 0 Å². The minimum absolute atomic E-state index is 0.196. The van der Waals surface area contributed by atoms with Crippen LogP contribution in [0.15, 0.2) is 23.0 Å². The van der Waals surface area contributed by atoms with Crippen molar-refractivity contribution in [2.45, 2.75) is 33.2 Å². The highest BCUT2D eigenvalue weighted by molar-refractivity contribution is 5.80. The molecule has 0 unspecified atom stereocenters. The average molecular weight is 256 g/mol. The van der Waals surface area contributed by atoms with Crippen LogP contribution in [0.25, 0.3) is 10.9 Å². The fraction of sp³-hybridized carbons (Fsp3) is 0.438. The van der Waals surface area contributed by atoms with Crippen LogP contribution in [0.5, 0.6) is 0 Å². The first-order valence-electron chi connectivity index (χ1n) is 6.99. The maximum absolute atomic E-state index is 12.6. The Kier molecular flexibility index (Phi) is 3.15. The van der Waals surface area contributed by atoms with Gasteiger partial charge in [-0.1, -0.05) is 11.6 Å². The van der Waals surface area contributed by atoms with Crippen LogP contribution >= 0.6 is 0 Å².